The number of fused-ring (bicyclic) bond motifs is 9. The number of benzene rings is 20. The predicted molar refractivity (Wildman–Crippen MR) is 526 cm³/mol. The number of para-hydroxylation sites is 2. The molecule has 23 rings (SSSR count). The molecule has 0 fully saturated rings. The molecule has 5 heteroatoms. The molecule has 0 radical (unpaired) electrons. The van der Waals surface area contributed by atoms with Gasteiger partial charge in [0, 0.05) is 72.8 Å². The van der Waals surface area contributed by atoms with Crippen molar-refractivity contribution in [3.8, 4) is 83.6 Å². The van der Waals surface area contributed by atoms with E-state index < -0.39 is 0 Å². The molecule has 1 aromatic heterocycles. The van der Waals surface area contributed by atoms with Crippen molar-refractivity contribution in [2.45, 2.75) is 52.4 Å². The summed E-state index contributed by atoms with van der Waals surface area (Å²) in [4.78, 5) is 8.00. The Hall–Kier alpha value is -15.0. The normalized spacial score (nSPS) is 12.6. The van der Waals surface area contributed by atoms with Gasteiger partial charge in [-0.1, -0.05) is 357 Å². The van der Waals surface area contributed by atoms with Gasteiger partial charge in [0.2, 0.25) is 0 Å². The summed E-state index contributed by atoms with van der Waals surface area (Å²) < 4.78 is 2.52. The highest BCUT2D eigenvalue weighted by Crippen LogP contribution is 2.57. The van der Waals surface area contributed by atoms with Gasteiger partial charge >= 0.3 is 0 Å². The van der Waals surface area contributed by atoms with Crippen LogP contribution < -0.4 is 31.1 Å². The number of nitrogens with zero attached hydrogens (tertiary/aromatic N) is 4. The van der Waals surface area contributed by atoms with Gasteiger partial charge in [0.15, 0.2) is 0 Å². The molecule has 123 heavy (non-hydrogen) atoms. The zero-order valence-electron chi connectivity index (χ0n) is 69.7. The molecule has 0 bridgehead atoms. The van der Waals surface area contributed by atoms with Crippen molar-refractivity contribution >= 4 is 139 Å². The molecule has 0 spiro atoms. The molecule has 3 heterocycles. The lowest BCUT2D eigenvalue weighted by atomic mass is 9.33. The SMILES string of the molecule is CC(C)(C)c1cc(-c2ccccc2)c(N2c3ccc(-c4cc5cccc6c7cccc8cccc(c(c4)c56)c87)cc3B3c4ccc(-n5c6ccccc6c6ccccc65)cc4N(c4c(-c5ccccc5)cc(C(C)(C)C)cc4-c4ccccc4)c4cc(N(c5ccc(-c6ccccc6)cc5)c5ccc(-c6ccccc6)cc5)cc2c43)c(-c2ccccc2)c1. The molecule has 0 amide bonds. The lowest BCUT2D eigenvalue weighted by molar-refractivity contribution is 0.590. The molecule has 582 valence electrons. The van der Waals surface area contributed by atoms with Gasteiger partial charge in [0.1, 0.15) is 0 Å². The molecule has 0 aliphatic carbocycles. The Bertz CT molecular complexity index is 7460. The molecule has 2 aliphatic rings. The van der Waals surface area contributed by atoms with Crippen molar-refractivity contribution in [2.24, 2.45) is 0 Å². The van der Waals surface area contributed by atoms with Crippen LogP contribution in [0.5, 0.6) is 0 Å². The van der Waals surface area contributed by atoms with Crippen LogP contribution in [0.3, 0.4) is 0 Å². The number of aromatic nitrogens is 1. The van der Waals surface area contributed by atoms with Crippen molar-refractivity contribution in [1.82, 2.24) is 4.57 Å². The maximum absolute atomic E-state index is 2.74. The first-order valence-corrected chi connectivity index (χ1v) is 43.1. The molecule has 20 aromatic carbocycles. The zero-order chi connectivity index (χ0) is 82.3. The minimum absolute atomic E-state index is 0.248. The third-order valence-electron chi connectivity index (χ3n) is 26.1. The second-order valence-corrected chi connectivity index (χ2v) is 35.5. The Morgan fingerprint density at radius 3 is 1.06 bits per heavy atom. The van der Waals surface area contributed by atoms with Gasteiger partial charge in [-0.15, -0.1) is 0 Å². The summed E-state index contributed by atoms with van der Waals surface area (Å²) in [5.74, 6) is 0. The van der Waals surface area contributed by atoms with E-state index in [1.54, 1.807) is 0 Å². The van der Waals surface area contributed by atoms with E-state index in [1.165, 1.54) is 81.4 Å². The van der Waals surface area contributed by atoms with E-state index >= 15 is 0 Å². The molecule has 21 aromatic rings. The van der Waals surface area contributed by atoms with Crippen molar-refractivity contribution in [3.63, 3.8) is 0 Å². The summed E-state index contributed by atoms with van der Waals surface area (Å²) in [6.45, 7) is 13.8. The first kappa shape index (κ1) is 73.1. The zero-order valence-corrected chi connectivity index (χ0v) is 69.7. The van der Waals surface area contributed by atoms with Crippen LogP contribution in [0.15, 0.2) is 419 Å². The molecule has 0 saturated carbocycles. The largest absolute Gasteiger partial charge is 0.310 e. The van der Waals surface area contributed by atoms with E-state index in [0.29, 0.717) is 0 Å². The summed E-state index contributed by atoms with van der Waals surface area (Å²) in [5, 5.41) is 12.6. The van der Waals surface area contributed by atoms with E-state index in [0.717, 1.165) is 146 Å². The Kier molecular flexibility index (Phi) is 17.2. The van der Waals surface area contributed by atoms with Crippen LogP contribution in [0.2, 0.25) is 0 Å². The smallest absolute Gasteiger partial charge is 0.252 e. The molecular weight excluding hydrogens is 1480 g/mol. The Morgan fingerprint density at radius 2 is 0.610 bits per heavy atom. The summed E-state index contributed by atoms with van der Waals surface area (Å²) in [6.07, 6.45) is 0. The number of rotatable bonds is 13. The van der Waals surface area contributed by atoms with Gasteiger partial charge in [-0.05, 0) is 240 Å². The number of hydrogen-bond donors (Lipinski definition) is 0. The summed E-state index contributed by atoms with van der Waals surface area (Å²) in [7, 11) is 0. The van der Waals surface area contributed by atoms with Gasteiger partial charge in [0.05, 0.1) is 28.1 Å². The fraction of sp³-hybridized carbons (Fsp3) is 0.0678. The fourth-order valence-corrected chi connectivity index (χ4v) is 20.2. The van der Waals surface area contributed by atoms with E-state index in [2.05, 4.69) is 479 Å². The molecule has 0 atom stereocenters. The average molecular weight is 1570 g/mol. The molecule has 0 unspecified atom stereocenters. The van der Waals surface area contributed by atoms with E-state index in [9.17, 15) is 0 Å². The fourth-order valence-electron chi connectivity index (χ4n) is 20.2. The van der Waals surface area contributed by atoms with Crippen molar-refractivity contribution in [3.05, 3.63) is 430 Å². The van der Waals surface area contributed by atoms with Gasteiger partial charge in [-0.2, -0.15) is 0 Å². The third kappa shape index (κ3) is 12.2. The monoisotopic (exact) mass is 1570 g/mol. The van der Waals surface area contributed by atoms with Crippen molar-refractivity contribution in [2.75, 3.05) is 14.7 Å². The Balaban J connectivity index is 0.909. The Labute approximate surface area is 719 Å². The summed E-state index contributed by atoms with van der Waals surface area (Å²) >= 11 is 0. The van der Waals surface area contributed by atoms with Crippen molar-refractivity contribution < 1.29 is 0 Å². The molecule has 4 nitrogen and oxygen atoms in total. The summed E-state index contributed by atoms with van der Waals surface area (Å²) in [6, 6.07) is 159. The van der Waals surface area contributed by atoms with Gasteiger partial charge in [-0.25, -0.2) is 0 Å². The molecular formula is C118H87BN4. The van der Waals surface area contributed by atoms with Gasteiger partial charge < -0.3 is 19.3 Å². The minimum atomic E-state index is -0.369. The van der Waals surface area contributed by atoms with Crippen LogP contribution in [0, 0.1) is 0 Å². The minimum Gasteiger partial charge on any atom is -0.310 e. The van der Waals surface area contributed by atoms with Crippen LogP contribution in [-0.2, 0) is 10.8 Å². The van der Waals surface area contributed by atoms with Crippen LogP contribution in [-0.4, -0.2) is 11.3 Å². The second kappa shape index (κ2) is 28.9. The van der Waals surface area contributed by atoms with Gasteiger partial charge in [0.25, 0.3) is 6.71 Å². The maximum Gasteiger partial charge on any atom is 0.252 e. The topological polar surface area (TPSA) is 14.7 Å². The standard InChI is InChI=1S/C118H87BN4/c1-117(2,3)88-69-99(80-36-17-9-18-37-80)115(100(70-88)81-38-19-10-20-39-81)122-108-65-58-85(87-66-86-46-31-50-97-96-49-29-44-84-45-30-51-98(112(84)96)103(67-87)113(86)97)68-105(108)119-104-64-63-92(121-106-52-27-25-47-94(106)95-48-26-28-53-107(95)121)73-109(104)123(116-101(82-40-21-11-22-41-82)71-89(118(4,5)6)72-102(116)83-42-23-12-24-43-83)111-75-93(74-110(122)114(111)119)120(90-59-54-78(55-60-90)76-32-13-7-14-33-76)91-61-56-79(57-62-91)77-34-15-8-16-35-77/h7-75H,1-6H3. The van der Waals surface area contributed by atoms with Crippen molar-refractivity contribution in [1.29, 1.82) is 0 Å². The maximum atomic E-state index is 2.74. The van der Waals surface area contributed by atoms with Gasteiger partial charge in [-0.3, -0.25) is 0 Å². The number of hydrogen-bond acceptors (Lipinski definition) is 3. The van der Waals surface area contributed by atoms with Crippen LogP contribution in [0.1, 0.15) is 52.7 Å². The predicted octanol–water partition coefficient (Wildman–Crippen LogP) is 30.7. The second-order valence-electron chi connectivity index (χ2n) is 35.5. The lowest BCUT2D eigenvalue weighted by Gasteiger charge is -2.46. The molecule has 0 N–H and O–H groups in total. The molecule has 2 aliphatic heterocycles. The van der Waals surface area contributed by atoms with Crippen LogP contribution >= 0.6 is 0 Å². The lowest BCUT2D eigenvalue weighted by Crippen LogP contribution is -2.61. The van der Waals surface area contributed by atoms with E-state index in [4.69, 9.17) is 0 Å². The van der Waals surface area contributed by atoms with E-state index in [1.807, 2.05) is 0 Å². The highest BCUT2D eigenvalue weighted by Gasteiger charge is 2.47. The van der Waals surface area contributed by atoms with E-state index in [-0.39, 0.29) is 17.5 Å². The highest BCUT2D eigenvalue weighted by molar-refractivity contribution is 7.00. The summed E-state index contributed by atoms with van der Waals surface area (Å²) in [5.41, 5.74) is 34.4. The molecule has 0 saturated heterocycles. The quantitative estimate of drug-likeness (QED) is 0.0650. The first-order valence-electron chi connectivity index (χ1n) is 43.1. The average Bonchev–Trinajstić information content (AvgIpc) is 0.974. The van der Waals surface area contributed by atoms with Crippen LogP contribution in [0.4, 0.5) is 51.2 Å². The highest BCUT2D eigenvalue weighted by atomic mass is 15.2. The number of anilines is 9. The first-order chi connectivity index (χ1) is 60.3. The Morgan fingerprint density at radius 1 is 0.236 bits per heavy atom. The van der Waals surface area contributed by atoms with Crippen LogP contribution in [0.25, 0.3) is 148 Å². The third-order valence-corrected chi connectivity index (χ3v) is 26.1.